The Morgan fingerprint density at radius 2 is 1.84 bits per heavy atom. The first-order valence-electron chi connectivity index (χ1n) is 7.72. The van der Waals surface area contributed by atoms with Crippen molar-refractivity contribution < 1.29 is 22.7 Å². The summed E-state index contributed by atoms with van der Waals surface area (Å²) in [4.78, 5) is 11.5. The summed E-state index contributed by atoms with van der Waals surface area (Å²) in [5.74, 6) is 0.0807. The van der Waals surface area contributed by atoms with Gasteiger partial charge in [0.25, 0.3) is 0 Å². The second-order valence-electron chi connectivity index (χ2n) is 5.67. The lowest BCUT2D eigenvalue weighted by Crippen LogP contribution is -2.36. The first-order chi connectivity index (χ1) is 11.8. The predicted octanol–water partition coefficient (Wildman–Crippen LogP) is 2.53. The molecule has 7 heteroatoms. The molecule has 6 nitrogen and oxygen atoms in total. The molecule has 134 valence electrons. The number of hydrogen-bond acceptors (Lipinski definition) is 5. The SMILES string of the molecule is COC(=O)c1cccc(S(=O)(=O)N[C@H](C)COc2ccc(C)cc2)c1. The largest absolute Gasteiger partial charge is 0.492 e. The van der Waals surface area contributed by atoms with E-state index in [1.54, 1.807) is 6.92 Å². The van der Waals surface area contributed by atoms with E-state index in [4.69, 9.17) is 4.74 Å². The lowest BCUT2D eigenvalue weighted by Gasteiger charge is -2.15. The van der Waals surface area contributed by atoms with E-state index in [0.29, 0.717) is 5.75 Å². The molecule has 0 bridgehead atoms. The molecule has 2 aromatic rings. The monoisotopic (exact) mass is 363 g/mol. The molecule has 0 radical (unpaired) electrons. The van der Waals surface area contributed by atoms with Crippen LogP contribution in [0.5, 0.6) is 5.75 Å². The Hall–Kier alpha value is -2.38. The molecule has 25 heavy (non-hydrogen) atoms. The van der Waals surface area contributed by atoms with E-state index >= 15 is 0 Å². The molecule has 0 spiro atoms. The maximum Gasteiger partial charge on any atom is 0.337 e. The molecule has 0 unspecified atom stereocenters. The number of ether oxygens (including phenoxy) is 2. The van der Waals surface area contributed by atoms with Gasteiger partial charge >= 0.3 is 5.97 Å². The van der Waals surface area contributed by atoms with Gasteiger partial charge in [0, 0.05) is 0 Å². The number of carbonyl (C=O) groups is 1. The van der Waals surface area contributed by atoms with Crippen LogP contribution in [0.2, 0.25) is 0 Å². The molecule has 1 atom stereocenters. The number of benzene rings is 2. The molecule has 2 aromatic carbocycles. The van der Waals surface area contributed by atoms with Crippen LogP contribution < -0.4 is 9.46 Å². The third-order valence-electron chi connectivity index (χ3n) is 3.44. The average Bonchev–Trinajstić information content (AvgIpc) is 2.60. The van der Waals surface area contributed by atoms with E-state index in [2.05, 4.69) is 9.46 Å². The fraction of sp³-hybridized carbons (Fsp3) is 0.278. The van der Waals surface area contributed by atoms with Crippen molar-refractivity contribution in [2.24, 2.45) is 0 Å². The number of hydrogen-bond donors (Lipinski definition) is 1. The van der Waals surface area contributed by atoms with E-state index in [1.807, 2.05) is 31.2 Å². The highest BCUT2D eigenvalue weighted by Gasteiger charge is 2.19. The quantitative estimate of drug-likeness (QED) is 0.765. The van der Waals surface area contributed by atoms with Crippen LogP contribution in [0.3, 0.4) is 0 Å². The van der Waals surface area contributed by atoms with Crippen LogP contribution in [0, 0.1) is 6.92 Å². The van der Waals surface area contributed by atoms with Gasteiger partial charge in [-0.1, -0.05) is 23.8 Å². The van der Waals surface area contributed by atoms with Crippen LogP contribution in [0.1, 0.15) is 22.8 Å². The molecule has 0 amide bonds. The van der Waals surface area contributed by atoms with Gasteiger partial charge in [0.05, 0.1) is 23.6 Å². The van der Waals surface area contributed by atoms with Crippen LogP contribution in [-0.2, 0) is 14.8 Å². The Bertz CT molecular complexity index is 831. The minimum Gasteiger partial charge on any atom is -0.492 e. The predicted molar refractivity (Wildman–Crippen MR) is 94.2 cm³/mol. The van der Waals surface area contributed by atoms with E-state index in [1.165, 1.54) is 31.4 Å². The maximum atomic E-state index is 12.4. The number of carbonyl (C=O) groups excluding carboxylic acids is 1. The van der Waals surface area contributed by atoms with E-state index in [-0.39, 0.29) is 17.1 Å². The number of esters is 1. The van der Waals surface area contributed by atoms with Crippen molar-refractivity contribution >= 4 is 16.0 Å². The van der Waals surface area contributed by atoms with Crippen molar-refractivity contribution in [1.29, 1.82) is 0 Å². The number of rotatable bonds is 7. The fourth-order valence-corrected chi connectivity index (χ4v) is 3.40. The number of nitrogens with one attached hydrogen (secondary N) is 1. The fourth-order valence-electron chi connectivity index (χ4n) is 2.13. The van der Waals surface area contributed by atoms with Crippen molar-refractivity contribution in [3.8, 4) is 5.75 Å². The molecule has 0 heterocycles. The molecule has 0 saturated carbocycles. The topological polar surface area (TPSA) is 81.7 Å². The third kappa shape index (κ3) is 5.30. The van der Waals surface area contributed by atoms with Gasteiger partial charge < -0.3 is 9.47 Å². The first kappa shape index (κ1) is 19.0. The van der Waals surface area contributed by atoms with Crippen LogP contribution >= 0.6 is 0 Å². The Morgan fingerprint density at radius 1 is 1.16 bits per heavy atom. The normalized spacial score (nSPS) is 12.4. The van der Waals surface area contributed by atoms with Crippen LogP contribution in [0.25, 0.3) is 0 Å². The Morgan fingerprint density at radius 3 is 2.48 bits per heavy atom. The van der Waals surface area contributed by atoms with Crippen molar-refractivity contribution in [1.82, 2.24) is 4.72 Å². The molecule has 0 aliphatic rings. The van der Waals surface area contributed by atoms with Gasteiger partial charge in [-0.2, -0.15) is 0 Å². The summed E-state index contributed by atoms with van der Waals surface area (Å²) < 4.78 is 37.6. The molecular formula is C18H21NO5S. The van der Waals surface area contributed by atoms with Gasteiger partial charge in [-0.25, -0.2) is 17.9 Å². The Balaban J connectivity index is 2.02. The van der Waals surface area contributed by atoms with Crippen LogP contribution in [-0.4, -0.2) is 34.1 Å². The summed E-state index contributed by atoms with van der Waals surface area (Å²) in [5, 5.41) is 0. The summed E-state index contributed by atoms with van der Waals surface area (Å²) in [6.45, 7) is 3.86. The minimum atomic E-state index is -3.77. The highest BCUT2D eigenvalue weighted by Crippen LogP contribution is 2.14. The van der Waals surface area contributed by atoms with Crippen LogP contribution in [0.15, 0.2) is 53.4 Å². The maximum absolute atomic E-state index is 12.4. The van der Waals surface area contributed by atoms with Gasteiger partial charge in [-0.15, -0.1) is 0 Å². The van der Waals surface area contributed by atoms with E-state index in [9.17, 15) is 13.2 Å². The smallest absolute Gasteiger partial charge is 0.337 e. The van der Waals surface area contributed by atoms with Gasteiger partial charge in [-0.05, 0) is 44.2 Å². The molecule has 0 aliphatic heterocycles. The summed E-state index contributed by atoms with van der Waals surface area (Å²) in [6.07, 6.45) is 0. The zero-order chi connectivity index (χ0) is 18.4. The molecule has 0 aliphatic carbocycles. The third-order valence-corrected chi connectivity index (χ3v) is 5.03. The molecule has 1 N–H and O–H groups in total. The zero-order valence-electron chi connectivity index (χ0n) is 14.4. The zero-order valence-corrected chi connectivity index (χ0v) is 15.2. The number of methoxy groups -OCH3 is 1. The van der Waals surface area contributed by atoms with Gasteiger partial charge in [0.15, 0.2) is 0 Å². The highest BCUT2D eigenvalue weighted by molar-refractivity contribution is 7.89. The summed E-state index contributed by atoms with van der Waals surface area (Å²) in [6, 6.07) is 12.7. The second kappa shape index (κ2) is 8.13. The molecular weight excluding hydrogens is 342 g/mol. The summed E-state index contributed by atoms with van der Waals surface area (Å²) >= 11 is 0. The van der Waals surface area contributed by atoms with Crippen molar-refractivity contribution in [3.63, 3.8) is 0 Å². The second-order valence-corrected chi connectivity index (χ2v) is 7.38. The average molecular weight is 363 g/mol. The van der Waals surface area contributed by atoms with Gasteiger partial charge in [0.1, 0.15) is 12.4 Å². The standard InChI is InChI=1S/C18H21NO5S/c1-13-7-9-16(10-8-13)24-12-14(2)19-25(21,22)17-6-4-5-15(11-17)18(20)23-3/h4-11,14,19H,12H2,1-3H3/t14-/m1/s1. The Labute approximate surface area is 147 Å². The summed E-state index contributed by atoms with van der Waals surface area (Å²) in [7, 11) is -2.53. The lowest BCUT2D eigenvalue weighted by molar-refractivity contribution is 0.0600. The molecule has 0 aromatic heterocycles. The molecule has 0 saturated heterocycles. The van der Waals surface area contributed by atoms with Crippen molar-refractivity contribution in [3.05, 3.63) is 59.7 Å². The van der Waals surface area contributed by atoms with E-state index in [0.717, 1.165) is 5.56 Å². The number of aryl methyl sites for hydroxylation is 1. The van der Waals surface area contributed by atoms with Gasteiger partial charge in [0.2, 0.25) is 10.0 Å². The Kier molecular flexibility index (Phi) is 6.17. The first-order valence-corrected chi connectivity index (χ1v) is 9.20. The van der Waals surface area contributed by atoms with Gasteiger partial charge in [-0.3, -0.25) is 0 Å². The van der Waals surface area contributed by atoms with Crippen molar-refractivity contribution in [2.75, 3.05) is 13.7 Å². The van der Waals surface area contributed by atoms with E-state index < -0.39 is 22.0 Å². The van der Waals surface area contributed by atoms with Crippen molar-refractivity contribution in [2.45, 2.75) is 24.8 Å². The van der Waals surface area contributed by atoms with Crippen LogP contribution in [0.4, 0.5) is 0 Å². The lowest BCUT2D eigenvalue weighted by atomic mass is 10.2. The highest BCUT2D eigenvalue weighted by atomic mass is 32.2. The molecule has 2 rings (SSSR count). The minimum absolute atomic E-state index is 0.00224. The number of sulfonamides is 1. The summed E-state index contributed by atoms with van der Waals surface area (Å²) in [5.41, 5.74) is 1.29. The molecule has 0 fully saturated rings.